The van der Waals surface area contributed by atoms with Crippen LogP contribution in [0.2, 0.25) is 0 Å². The minimum atomic E-state index is -0.583. The highest BCUT2D eigenvalue weighted by atomic mass is 79.9. The van der Waals surface area contributed by atoms with E-state index in [0.717, 1.165) is 12.1 Å². The second-order valence-corrected chi connectivity index (χ2v) is 3.63. The van der Waals surface area contributed by atoms with Gasteiger partial charge in [-0.25, -0.2) is 8.78 Å². The predicted molar refractivity (Wildman–Crippen MR) is 53.8 cm³/mol. The normalized spacial score (nSPS) is 10.8. The lowest BCUT2D eigenvalue weighted by Gasteiger charge is -2.04. The van der Waals surface area contributed by atoms with Crippen molar-refractivity contribution in [1.82, 2.24) is 4.98 Å². The Morgan fingerprint density at radius 2 is 1.86 bits per heavy atom. The third kappa shape index (κ3) is 1.24. The number of anilines is 1. The van der Waals surface area contributed by atoms with Crippen molar-refractivity contribution < 1.29 is 8.78 Å². The average Bonchev–Trinajstić information content (AvgIpc) is 2.16. The van der Waals surface area contributed by atoms with Gasteiger partial charge in [0.25, 0.3) is 0 Å². The molecule has 1 aromatic heterocycles. The third-order valence-electron chi connectivity index (χ3n) is 1.91. The lowest BCUT2D eigenvalue weighted by molar-refractivity contribution is 0.615. The smallest absolute Gasteiger partial charge is 0.149 e. The minimum Gasteiger partial charge on any atom is -0.397 e. The predicted octanol–water partition coefficient (Wildman–Crippen LogP) is 2.86. The maximum absolute atomic E-state index is 13.3. The van der Waals surface area contributed by atoms with Gasteiger partial charge in [-0.1, -0.05) is 0 Å². The molecule has 2 rings (SSSR count). The van der Waals surface area contributed by atoms with Gasteiger partial charge in [0.15, 0.2) is 0 Å². The Hall–Kier alpha value is -1.23. The number of aromatic nitrogens is 1. The van der Waals surface area contributed by atoms with Crippen LogP contribution >= 0.6 is 15.9 Å². The van der Waals surface area contributed by atoms with Gasteiger partial charge in [0, 0.05) is 6.20 Å². The molecule has 2 nitrogen and oxygen atoms in total. The molecule has 2 aromatic rings. The summed E-state index contributed by atoms with van der Waals surface area (Å²) in [6, 6.07) is 2.06. The van der Waals surface area contributed by atoms with Gasteiger partial charge >= 0.3 is 0 Å². The number of pyridine rings is 1. The van der Waals surface area contributed by atoms with Gasteiger partial charge in [-0.05, 0) is 28.1 Å². The van der Waals surface area contributed by atoms with E-state index in [1.54, 1.807) is 0 Å². The topological polar surface area (TPSA) is 38.9 Å². The molecule has 2 N–H and O–H groups in total. The highest BCUT2D eigenvalue weighted by Crippen LogP contribution is 2.30. The van der Waals surface area contributed by atoms with E-state index in [0.29, 0.717) is 4.47 Å². The van der Waals surface area contributed by atoms with E-state index in [1.165, 1.54) is 6.20 Å². The van der Waals surface area contributed by atoms with Crippen molar-refractivity contribution in [3.63, 3.8) is 0 Å². The van der Waals surface area contributed by atoms with Gasteiger partial charge in [-0.2, -0.15) is 0 Å². The zero-order chi connectivity index (χ0) is 10.3. The Morgan fingerprint density at radius 3 is 2.57 bits per heavy atom. The number of nitrogen functional groups attached to an aromatic ring is 1. The number of rotatable bonds is 0. The van der Waals surface area contributed by atoms with Gasteiger partial charge in [0.2, 0.25) is 0 Å². The molecule has 0 aliphatic heterocycles. The van der Waals surface area contributed by atoms with E-state index < -0.39 is 11.6 Å². The van der Waals surface area contributed by atoms with Crippen LogP contribution < -0.4 is 5.73 Å². The van der Waals surface area contributed by atoms with Crippen molar-refractivity contribution >= 4 is 32.5 Å². The van der Waals surface area contributed by atoms with Crippen molar-refractivity contribution in [2.24, 2.45) is 0 Å². The molecule has 0 radical (unpaired) electrons. The van der Waals surface area contributed by atoms with Crippen molar-refractivity contribution in [1.29, 1.82) is 0 Å². The standard InChI is InChI=1S/C9H5BrF2N2/c10-4-3-14-9-6(12)2-1-5(11)7(9)8(4)13/h1-3H,(H2,13,14). The first kappa shape index (κ1) is 9.33. The summed E-state index contributed by atoms with van der Waals surface area (Å²) in [5, 5.41) is 0.0133. The zero-order valence-electron chi connectivity index (χ0n) is 6.89. The van der Waals surface area contributed by atoms with Gasteiger partial charge in [-0.15, -0.1) is 0 Å². The minimum absolute atomic E-state index is 0.0133. The van der Waals surface area contributed by atoms with Crippen LogP contribution in [0, 0.1) is 11.6 Å². The van der Waals surface area contributed by atoms with E-state index in [2.05, 4.69) is 20.9 Å². The SMILES string of the molecule is Nc1c(Br)cnc2c(F)ccc(F)c12. The average molecular weight is 259 g/mol. The van der Waals surface area contributed by atoms with E-state index >= 15 is 0 Å². The molecule has 0 amide bonds. The molecule has 14 heavy (non-hydrogen) atoms. The molecule has 0 unspecified atom stereocenters. The van der Waals surface area contributed by atoms with Crippen LogP contribution in [0.5, 0.6) is 0 Å². The molecule has 0 bridgehead atoms. The van der Waals surface area contributed by atoms with Crippen LogP contribution in [0.3, 0.4) is 0 Å². The second-order valence-electron chi connectivity index (χ2n) is 2.77. The molecule has 0 saturated carbocycles. The monoisotopic (exact) mass is 258 g/mol. The van der Waals surface area contributed by atoms with Gasteiger partial charge < -0.3 is 5.73 Å². The number of benzene rings is 1. The molecule has 72 valence electrons. The van der Waals surface area contributed by atoms with Gasteiger partial charge in [-0.3, -0.25) is 4.98 Å². The molecule has 0 spiro atoms. The highest BCUT2D eigenvalue weighted by Gasteiger charge is 2.11. The molecule has 5 heteroatoms. The summed E-state index contributed by atoms with van der Waals surface area (Å²) in [6.45, 7) is 0. The fourth-order valence-electron chi connectivity index (χ4n) is 1.23. The third-order valence-corrected chi connectivity index (χ3v) is 2.54. The summed E-state index contributed by atoms with van der Waals surface area (Å²) >= 11 is 3.10. The summed E-state index contributed by atoms with van der Waals surface area (Å²) in [7, 11) is 0. The van der Waals surface area contributed by atoms with E-state index in [9.17, 15) is 8.78 Å². The van der Waals surface area contributed by atoms with Crippen LogP contribution in [0.25, 0.3) is 10.9 Å². The molecular formula is C9H5BrF2N2. The molecule has 1 heterocycles. The van der Waals surface area contributed by atoms with Crippen LogP contribution in [-0.2, 0) is 0 Å². The van der Waals surface area contributed by atoms with Crippen molar-refractivity contribution in [3.05, 3.63) is 34.4 Å². The Balaban J connectivity index is 3.01. The van der Waals surface area contributed by atoms with Crippen molar-refractivity contribution in [2.75, 3.05) is 5.73 Å². The summed E-state index contributed by atoms with van der Waals surface area (Å²) in [5.41, 5.74) is 5.70. The first-order valence-corrected chi connectivity index (χ1v) is 4.58. The van der Waals surface area contributed by atoms with Crippen LogP contribution in [0.15, 0.2) is 22.8 Å². The molecule has 0 aliphatic carbocycles. The summed E-state index contributed by atoms with van der Waals surface area (Å²) in [6.07, 6.45) is 1.35. The highest BCUT2D eigenvalue weighted by molar-refractivity contribution is 9.10. The Morgan fingerprint density at radius 1 is 1.21 bits per heavy atom. The quantitative estimate of drug-likeness (QED) is 0.790. The van der Waals surface area contributed by atoms with Gasteiger partial charge in [0.05, 0.1) is 15.5 Å². The Kier molecular flexibility index (Phi) is 2.11. The summed E-state index contributed by atoms with van der Waals surface area (Å²) < 4.78 is 26.9. The Bertz CT molecular complexity index is 514. The molecule has 0 saturated heterocycles. The largest absolute Gasteiger partial charge is 0.397 e. The number of hydrogen-bond acceptors (Lipinski definition) is 2. The number of fused-ring (bicyclic) bond motifs is 1. The molecular weight excluding hydrogens is 254 g/mol. The second kappa shape index (κ2) is 3.16. The first-order chi connectivity index (χ1) is 6.61. The van der Waals surface area contributed by atoms with E-state index in [4.69, 9.17) is 5.73 Å². The van der Waals surface area contributed by atoms with Crippen molar-refractivity contribution in [2.45, 2.75) is 0 Å². The van der Waals surface area contributed by atoms with Crippen LogP contribution in [0.4, 0.5) is 14.5 Å². The Labute approximate surface area is 86.9 Å². The van der Waals surface area contributed by atoms with Crippen LogP contribution in [0.1, 0.15) is 0 Å². The fraction of sp³-hybridized carbons (Fsp3) is 0. The van der Waals surface area contributed by atoms with Crippen molar-refractivity contribution in [3.8, 4) is 0 Å². The molecule has 1 aromatic carbocycles. The lowest BCUT2D eigenvalue weighted by Crippen LogP contribution is -1.95. The molecule has 0 fully saturated rings. The molecule has 0 atom stereocenters. The number of halogens is 3. The van der Waals surface area contributed by atoms with E-state index in [-0.39, 0.29) is 16.6 Å². The maximum atomic E-state index is 13.3. The van der Waals surface area contributed by atoms with Gasteiger partial charge in [0.1, 0.15) is 17.2 Å². The number of hydrogen-bond donors (Lipinski definition) is 1. The van der Waals surface area contributed by atoms with Crippen LogP contribution in [-0.4, -0.2) is 4.98 Å². The molecule has 0 aliphatic rings. The number of nitrogens with two attached hydrogens (primary N) is 1. The first-order valence-electron chi connectivity index (χ1n) is 3.79. The number of nitrogens with zero attached hydrogens (tertiary/aromatic N) is 1. The fourth-order valence-corrected chi connectivity index (χ4v) is 1.53. The maximum Gasteiger partial charge on any atom is 0.149 e. The van der Waals surface area contributed by atoms with E-state index in [1.807, 2.05) is 0 Å². The summed E-state index contributed by atoms with van der Waals surface area (Å²) in [4.78, 5) is 3.76. The lowest BCUT2D eigenvalue weighted by atomic mass is 10.2. The summed E-state index contributed by atoms with van der Waals surface area (Å²) in [5.74, 6) is -1.16. The zero-order valence-corrected chi connectivity index (χ0v) is 8.48.